The van der Waals surface area contributed by atoms with Gasteiger partial charge in [0.1, 0.15) is 5.52 Å². The molecule has 1 aliphatic heterocycles. The Balaban J connectivity index is 1.75. The number of nitrogens with zero attached hydrogens (tertiary/aromatic N) is 2. The lowest BCUT2D eigenvalue weighted by Gasteiger charge is -2.26. The summed E-state index contributed by atoms with van der Waals surface area (Å²) in [6, 6.07) is 6.10. The second-order valence-electron chi connectivity index (χ2n) is 4.98. The summed E-state index contributed by atoms with van der Waals surface area (Å²) in [7, 11) is 1.98. The van der Waals surface area contributed by atoms with Crippen LogP contribution in [0, 0.1) is 0 Å². The quantitative estimate of drug-likeness (QED) is 0.863. The Morgan fingerprint density at radius 3 is 3.11 bits per heavy atom. The van der Waals surface area contributed by atoms with Crippen LogP contribution in [0.2, 0.25) is 5.02 Å². The average Bonchev–Trinajstić information content (AvgIpc) is 2.83. The van der Waals surface area contributed by atoms with Crippen LogP contribution >= 0.6 is 11.6 Å². The fourth-order valence-corrected chi connectivity index (χ4v) is 2.55. The molecule has 1 aliphatic rings. The summed E-state index contributed by atoms with van der Waals surface area (Å²) >= 11 is 5.94. The van der Waals surface area contributed by atoms with Crippen LogP contribution in [0.5, 0.6) is 0 Å². The third-order valence-electron chi connectivity index (χ3n) is 3.42. The van der Waals surface area contributed by atoms with E-state index in [4.69, 9.17) is 20.8 Å². The number of anilines is 1. The van der Waals surface area contributed by atoms with E-state index in [1.54, 1.807) is 6.07 Å². The molecule has 0 N–H and O–H groups in total. The van der Waals surface area contributed by atoms with Crippen LogP contribution in [-0.2, 0) is 4.74 Å². The van der Waals surface area contributed by atoms with E-state index in [9.17, 15) is 0 Å². The molecule has 0 radical (unpaired) electrons. The average molecular weight is 281 g/mol. The zero-order chi connectivity index (χ0) is 13.2. The Hall–Kier alpha value is -1.26. The van der Waals surface area contributed by atoms with Crippen molar-refractivity contribution in [2.24, 2.45) is 0 Å². The first-order valence-electron chi connectivity index (χ1n) is 6.61. The van der Waals surface area contributed by atoms with Gasteiger partial charge in [-0.15, -0.1) is 0 Å². The lowest BCUT2D eigenvalue weighted by molar-refractivity contribution is 0.0211. The molecule has 1 unspecified atom stereocenters. The van der Waals surface area contributed by atoms with Crippen molar-refractivity contribution in [2.45, 2.75) is 25.4 Å². The molecule has 1 aromatic carbocycles. The van der Waals surface area contributed by atoms with Crippen LogP contribution in [0.15, 0.2) is 22.6 Å². The first-order chi connectivity index (χ1) is 9.22. The van der Waals surface area contributed by atoms with Crippen LogP contribution in [0.4, 0.5) is 6.01 Å². The smallest absolute Gasteiger partial charge is 0.298 e. The summed E-state index contributed by atoms with van der Waals surface area (Å²) in [5, 5.41) is 0.661. The molecule has 5 heteroatoms. The molecule has 0 aliphatic carbocycles. The van der Waals surface area contributed by atoms with Crippen LogP contribution < -0.4 is 4.90 Å². The molecular weight excluding hydrogens is 264 g/mol. The molecule has 0 spiro atoms. The number of rotatable bonds is 3. The number of ether oxygens (including phenoxy) is 1. The Labute approximate surface area is 117 Å². The van der Waals surface area contributed by atoms with Gasteiger partial charge in [0.2, 0.25) is 0 Å². The summed E-state index contributed by atoms with van der Waals surface area (Å²) < 4.78 is 11.5. The number of oxazole rings is 1. The minimum absolute atomic E-state index is 0.275. The third kappa shape index (κ3) is 2.85. The van der Waals surface area contributed by atoms with Gasteiger partial charge in [-0.25, -0.2) is 0 Å². The lowest BCUT2D eigenvalue weighted by Crippen LogP contribution is -2.33. The highest BCUT2D eigenvalue weighted by Crippen LogP contribution is 2.25. The molecule has 102 valence electrons. The van der Waals surface area contributed by atoms with Gasteiger partial charge in [-0.2, -0.15) is 4.98 Å². The van der Waals surface area contributed by atoms with Gasteiger partial charge >= 0.3 is 0 Å². The monoisotopic (exact) mass is 280 g/mol. The van der Waals surface area contributed by atoms with Crippen molar-refractivity contribution in [2.75, 3.05) is 25.1 Å². The first-order valence-corrected chi connectivity index (χ1v) is 6.99. The summed E-state index contributed by atoms with van der Waals surface area (Å²) in [4.78, 5) is 6.47. The molecule has 0 amide bonds. The highest BCUT2D eigenvalue weighted by molar-refractivity contribution is 6.31. The Morgan fingerprint density at radius 2 is 2.32 bits per heavy atom. The number of hydrogen-bond acceptors (Lipinski definition) is 4. The topological polar surface area (TPSA) is 38.5 Å². The van der Waals surface area contributed by atoms with E-state index in [1.165, 1.54) is 12.8 Å². The molecule has 3 rings (SSSR count). The van der Waals surface area contributed by atoms with Crippen molar-refractivity contribution in [1.29, 1.82) is 0 Å². The van der Waals surface area contributed by atoms with E-state index in [0.29, 0.717) is 11.0 Å². The number of fused-ring (bicyclic) bond motifs is 1. The molecular formula is C14H17ClN2O2. The molecule has 1 fully saturated rings. The number of hydrogen-bond donors (Lipinski definition) is 0. The zero-order valence-corrected chi connectivity index (χ0v) is 11.7. The molecule has 2 heterocycles. The van der Waals surface area contributed by atoms with Crippen molar-refractivity contribution in [3.05, 3.63) is 23.2 Å². The molecule has 1 atom stereocenters. The Bertz CT molecular complexity index is 564. The van der Waals surface area contributed by atoms with Crippen LogP contribution in [0.25, 0.3) is 11.1 Å². The largest absolute Gasteiger partial charge is 0.423 e. The fraction of sp³-hybridized carbons (Fsp3) is 0.500. The number of halogens is 1. The van der Waals surface area contributed by atoms with Crippen LogP contribution in [-0.4, -0.2) is 31.3 Å². The minimum atomic E-state index is 0.275. The van der Waals surface area contributed by atoms with E-state index >= 15 is 0 Å². The van der Waals surface area contributed by atoms with E-state index in [2.05, 4.69) is 4.98 Å². The Kier molecular flexibility index (Phi) is 3.62. The van der Waals surface area contributed by atoms with E-state index < -0.39 is 0 Å². The third-order valence-corrected chi connectivity index (χ3v) is 3.65. The maximum absolute atomic E-state index is 5.94. The minimum Gasteiger partial charge on any atom is -0.423 e. The second kappa shape index (κ2) is 5.39. The molecule has 19 heavy (non-hydrogen) atoms. The number of benzene rings is 1. The van der Waals surface area contributed by atoms with Gasteiger partial charge in [-0.05, 0) is 31.4 Å². The molecule has 1 saturated heterocycles. The van der Waals surface area contributed by atoms with Crippen LogP contribution in [0.1, 0.15) is 19.3 Å². The predicted molar refractivity (Wildman–Crippen MR) is 75.9 cm³/mol. The van der Waals surface area contributed by atoms with Crippen LogP contribution in [0.3, 0.4) is 0 Å². The van der Waals surface area contributed by atoms with Gasteiger partial charge in [0.15, 0.2) is 5.58 Å². The first kappa shape index (κ1) is 12.8. The summed E-state index contributed by atoms with van der Waals surface area (Å²) in [6.45, 7) is 1.67. The second-order valence-corrected chi connectivity index (χ2v) is 5.41. The molecule has 1 aromatic heterocycles. The van der Waals surface area contributed by atoms with Crippen molar-refractivity contribution >= 4 is 28.7 Å². The highest BCUT2D eigenvalue weighted by Gasteiger charge is 2.18. The zero-order valence-electron chi connectivity index (χ0n) is 10.9. The fourth-order valence-electron chi connectivity index (χ4n) is 2.38. The molecule has 0 saturated carbocycles. The summed E-state index contributed by atoms with van der Waals surface area (Å²) in [5.41, 5.74) is 1.55. The predicted octanol–water partition coefficient (Wildman–Crippen LogP) is 3.49. The van der Waals surface area contributed by atoms with Gasteiger partial charge in [0, 0.05) is 31.3 Å². The maximum atomic E-state index is 5.94. The van der Waals surface area contributed by atoms with Gasteiger partial charge in [-0.1, -0.05) is 11.6 Å². The number of aromatic nitrogens is 1. The lowest BCUT2D eigenvalue weighted by atomic mass is 10.1. The van der Waals surface area contributed by atoms with E-state index in [1.807, 2.05) is 24.1 Å². The highest BCUT2D eigenvalue weighted by atomic mass is 35.5. The van der Waals surface area contributed by atoms with Crippen molar-refractivity contribution in [3.63, 3.8) is 0 Å². The van der Waals surface area contributed by atoms with Gasteiger partial charge < -0.3 is 14.1 Å². The molecule has 0 bridgehead atoms. The van der Waals surface area contributed by atoms with Crippen molar-refractivity contribution < 1.29 is 9.15 Å². The van der Waals surface area contributed by atoms with Gasteiger partial charge in [0.05, 0.1) is 6.10 Å². The normalized spacial score (nSPS) is 19.8. The van der Waals surface area contributed by atoms with Crippen molar-refractivity contribution in [3.8, 4) is 0 Å². The van der Waals surface area contributed by atoms with E-state index in [0.717, 1.165) is 30.7 Å². The van der Waals surface area contributed by atoms with Gasteiger partial charge in [0.25, 0.3) is 6.01 Å². The number of likely N-dealkylation sites (N-methyl/N-ethyl adjacent to an activating group) is 1. The Morgan fingerprint density at radius 1 is 1.42 bits per heavy atom. The van der Waals surface area contributed by atoms with Gasteiger partial charge in [-0.3, -0.25) is 0 Å². The standard InChI is InChI=1S/C14H17ClN2O2/c1-17(9-11-4-2-3-7-18-11)14-16-12-6-5-10(15)8-13(12)19-14/h5-6,8,11H,2-4,7,9H2,1H3. The summed E-state index contributed by atoms with van der Waals surface area (Å²) in [5.74, 6) is 0. The van der Waals surface area contributed by atoms with E-state index in [-0.39, 0.29) is 6.10 Å². The molecule has 2 aromatic rings. The SMILES string of the molecule is CN(CC1CCCCO1)c1nc2ccc(Cl)cc2o1. The summed E-state index contributed by atoms with van der Waals surface area (Å²) in [6.07, 6.45) is 3.79. The molecule has 4 nitrogen and oxygen atoms in total. The van der Waals surface area contributed by atoms with Crippen molar-refractivity contribution in [1.82, 2.24) is 4.98 Å². The maximum Gasteiger partial charge on any atom is 0.298 e.